The summed E-state index contributed by atoms with van der Waals surface area (Å²) < 4.78 is 0. The maximum atomic E-state index is 12.7. The van der Waals surface area contributed by atoms with Crippen LogP contribution in [0.5, 0.6) is 0 Å². The molecule has 174 valence electrons. The number of nitrogens with zero attached hydrogens (tertiary/aromatic N) is 1. The third-order valence-corrected chi connectivity index (χ3v) is 4.63. The Morgan fingerprint density at radius 1 is 1.00 bits per heavy atom. The van der Waals surface area contributed by atoms with Crippen molar-refractivity contribution in [3.63, 3.8) is 0 Å². The van der Waals surface area contributed by atoms with Gasteiger partial charge < -0.3 is 41.7 Å². The zero-order chi connectivity index (χ0) is 23.7. The van der Waals surface area contributed by atoms with Gasteiger partial charge in [-0.15, -0.1) is 0 Å². The van der Waals surface area contributed by atoms with Crippen LogP contribution in [0.25, 0.3) is 0 Å². The molecule has 0 aromatic rings. The topological polar surface area (TPSA) is 237 Å². The number of nitrogens with one attached hydrogen (secondary N) is 2. The third kappa shape index (κ3) is 7.82. The van der Waals surface area contributed by atoms with Crippen molar-refractivity contribution < 1.29 is 49.2 Å². The van der Waals surface area contributed by atoms with E-state index in [4.69, 9.17) is 26.2 Å². The fourth-order valence-corrected chi connectivity index (χ4v) is 3.03. The summed E-state index contributed by atoms with van der Waals surface area (Å²) >= 11 is 0. The van der Waals surface area contributed by atoms with Gasteiger partial charge in [0, 0.05) is 13.0 Å². The fourth-order valence-electron chi connectivity index (χ4n) is 3.03. The van der Waals surface area contributed by atoms with Crippen LogP contribution in [0, 0.1) is 0 Å². The molecule has 14 heteroatoms. The molecule has 1 fully saturated rings. The van der Waals surface area contributed by atoms with Crippen molar-refractivity contribution in [2.45, 2.75) is 56.3 Å². The van der Waals surface area contributed by atoms with Gasteiger partial charge in [-0.05, 0) is 19.3 Å². The highest BCUT2D eigenvalue weighted by Gasteiger charge is 2.38. The molecular weight excluding hydrogens is 420 g/mol. The number of carbonyl (C=O) groups is 6. The summed E-state index contributed by atoms with van der Waals surface area (Å²) in [5.74, 6) is -6.77. The Bertz CT molecular complexity index is 728. The molecule has 0 aliphatic carbocycles. The number of nitrogens with two attached hydrogens (primary N) is 1. The number of hydrogen-bond donors (Lipinski definition) is 7. The van der Waals surface area contributed by atoms with Crippen LogP contribution in [0.4, 0.5) is 0 Å². The van der Waals surface area contributed by atoms with E-state index in [0.29, 0.717) is 6.42 Å². The molecule has 31 heavy (non-hydrogen) atoms. The molecule has 8 N–H and O–H groups in total. The molecule has 14 nitrogen and oxygen atoms in total. The second-order valence-electron chi connectivity index (χ2n) is 6.97. The predicted molar refractivity (Wildman–Crippen MR) is 100 cm³/mol. The lowest BCUT2D eigenvalue weighted by Crippen LogP contribution is -2.57. The SMILES string of the molecule is NC(CCC(=O)O)C(=O)N1CCCC1C(=O)NC(CC(=O)O)C(=O)NC(CO)C(=O)O. The zero-order valence-corrected chi connectivity index (χ0v) is 16.5. The van der Waals surface area contributed by atoms with Crippen molar-refractivity contribution in [3.8, 4) is 0 Å². The molecule has 1 heterocycles. The second-order valence-corrected chi connectivity index (χ2v) is 6.97. The van der Waals surface area contributed by atoms with Gasteiger partial charge in [-0.2, -0.15) is 0 Å². The van der Waals surface area contributed by atoms with Crippen molar-refractivity contribution in [1.82, 2.24) is 15.5 Å². The molecule has 1 aliphatic heterocycles. The molecule has 1 aliphatic rings. The van der Waals surface area contributed by atoms with Crippen molar-refractivity contribution in [1.29, 1.82) is 0 Å². The van der Waals surface area contributed by atoms with Crippen LogP contribution in [0.2, 0.25) is 0 Å². The third-order valence-electron chi connectivity index (χ3n) is 4.63. The number of amides is 3. The molecule has 0 saturated carbocycles. The van der Waals surface area contributed by atoms with Crippen LogP contribution < -0.4 is 16.4 Å². The van der Waals surface area contributed by atoms with E-state index in [1.54, 1.807) is 0 Å². The lowest BCUT2D eigenvalue weighted by molar-refractivity contribution is -0.145. The molecule has 0 bridgehead atoms. The summed E-state index contributed by atoms with van der Waals surface area (Å²) in [5, 5.41) is 39.7. The minimum atomic E-state index is -1.70. The second kappa shape index (κ2) is 11.8. The average molecular weight is 446 g/mol. The average Bonchev–Trinajstić information content (AvgIpc) is 3.18. The van der Waals surface area contributed by atoms with E-state index in [0.717, 1.165) is 4.90 Å². The van der Waals surface area contributed by atoms with Crippen LogP contribution in [0.3, 0.4) is 0 Å². The van der Waals surface area contributed by atoms with Gasteiger partial charge in [-0.25, -0.2) is 4.79 Å². The minimum absolute atomic E-state index is 0.138. The van der Waals surface area contributed by atoms with E-state index >= 15 is 0 Å². The smallest absolute Gasteiger partial charge is 0.328 e. The first kappa shape index (κ1) is 25.8. The number of carboxylic acid groups (broad SMARTS) is 3. The van der Waals surface area contributed by atoms with Crippen molar-refractivity contribution in [3.05, 3.63) is 0 Å². The molecule has 4 atom stereocenters. The molecule has 1 saturated heterocycles. The highest BCUT2D eigenvalue weighted by molar-refractivity contribution is 5.95. The number of aliphatic hydroxyl groups excluding tert-OH is 1. The lowest BCUT2D eigenvalue weighted by Gasteiger charge is -2.28. The van der Waals surface area contributed by atoms with E-state index in [9.17, 15) is 28.8 Å². The van der Waals surface area contributed by atoms with Crippen LogP contribution in [-0.2, 0) is 28.8 Å². The van der Waals surface area contributed by atoms with Crippen molar-refractivity contribution in [2.24, 2.45) is 5.73 Å². The largest absolute Gasteiger partial charge is 0.481 e. The molecule has 0 aromatic carbocycles. The van der Waals surface area contributed by atoms with E-state index in [2.05, 4.69) is 5.32 Å². The highest BCUT2D eigenvalue weighted by Crippen LogP contribution is 2.19. The molecule has 3 amide bonds. The first-order chi connectivity index (χ1) is 14.5. The Kier molecular flexibility index (Phi) is 9.82. The standard InChI is InChI=1S/C17H26N4O10/c18-8(3-4-12(23)24)16(29)21-5-1-2-11(21)15(28)19-9(6-13(25)26)14(27)20-10(7-22)17(30)31/h8-11,22H,1-7,18H2,(H,19,28)(H,20,27)(H,23,24)(H,25,26)(H,30,31). The highest BCUT2D eigenvalue weighted by atomic mass is 16.4. The van der Waals surface area contributed by atoms with Crippen LogP contribution >= 0.6 is 0 Å². The van der Waals surface area contributed by atoms with Crippen LogP contribution in [0.15, 0.2) is 0 Å². The molecule has 0 aromatic heterocycles. The van der Waals surface area contributed by atoms with Crippen molar-refractivity contribution in [2.75, 3.05) is 13.2 Å². The summed E-state index contributed by atoms with van der Waals surface area (Å²) in [6.07, 6.45) is -0.709. The quantitative estimate of drug-likeness (QED) is 0.157. The van der Waals surface area contributed by atoms with Gasteiger partial charge in [0.25, 0.3) is 0 Å². The fraction of sp³-hybridized carbons (Fsp3) is 0.647. The maximum absolute atomic E-state index is 12.7. The number of rotatable bonds is 12. The number of likely N-dealkylation sites (tertiary alicyclic amines) is 1. The van der Waals surface area contributed by atoms with Crippen LogP contribution in [0.1, 0.15) is 32.1 Å². The number of aliphatic hydroxyl groups is 1. The van der Waals surface area contributed by atoms with Gasteiger partial charge in [0.15, 0.2) is 0 Å². The molecular formula is C17H26N4O10. The predicted octanol–water partition coefficient (Wildman–Crippen LogP) is -3.31. The van der Waals surface area contributed by atoms with Crippen LogP contribution in [-0.4, -0.2) is 98.3 Å². The summed E-state index contributed by atoms with van der Waals surface area (Å²) in [5.41, 5.74) is 5.71. The van der Waals surface area contributed by atoms with Gasteiger partial charge in [-0.1, -0.05) is 0 Å². The zero-order valence-electron chi connectivity index (χ0n) is 16.5. The molecule has 4 unspecified atom stereocenters. The number of hydrogen-bond acceptors (Lipinski definition) is 8. The Labute approximate surface area is 176 Å². The van der Waals surface area contributed by atoms with Gasteiger partial charge >= 0.3 is 17.9 Å². The molecule has 1 rings (SSSR count). The van der Waals surface area contributed by atoms with Crippen molar-refractivity contribution >= 4 is 35.6 Å². The Morgan fingerprint density at radius 2 is 1.65 bits per heavy atom. The van der Waals surface area contributed by atoms with E-state index in [1.165, 1.54) is 0 Å². The summed E-state index contributed by atoms with van der Waals surface area (Å²) in [4.78, 5) is 71.2. The van der Waals surface area contributed by atoms with E-state index in [-0.39, 0.29) is 25.8 Å². The molecule has 0 radical (unpaired) electrons. The van der Waals surface area contributed by atoms with Gasteiger partial charge in [0.2, 0.25) is 17.7 Å². The monoisotopic (exact) mass is 446 g/mol. The first-order valence-corrected chi connectivity index (χ1v) is 9.42. The Morgan fingerprint density at radius 3 is 2.16 bits per heavy atom. The summed E-state index contributed by atoms with van der Waals surface area (Å²) in [7, 11) is 0. The Balaban J connectivity index is 2.87. The maximum Gasteiger partial charge on any atom is 0.328 e. The molecule has 0 spiro atoms. The first-order valence-electron chi connectivity index (χ1n) is 9.42. The number of carboxylic acids is 3. The number of carbonyl (C=O) groups excluding carboxylic acids is 3. The lowest BCUT2D eigenvalue weighted by atomic mass is 10.1. The van der Waals surface area contributed by atoms with E-state index < -0.39 is 72.8 Å². The van der Waals surface area contributed by atoms with Gasteiger partial charge in [0.1, 0.15) is 18.1 Å². The Hall–Kier alpha value is -3.26. The van der Waals surface area contributed by atoms with Gasteiger partial charge in [-0.3, -0.25) is 24.0 Å². The van der Waals surface area contributed by atoms with Gasteiger partial charge in [0.05, 0.1) is 19.1 Å². The summed E-state index contributed by atoms with van der Waals surface area (Å²) in [6, 6.07) is -5.56. The summed E-state index contributed by atoms with van der Waals surface area (Å²) in [6.45, 7) is -0.785. The normalized spacial score (nSPS) is 18.5. The number of aliphatic carboxylic acids is 3. The van der Waals surface area contributed by atoms with E-state index in [1.807, 2.05) is 5.32 Å². The minimum Gasteiger partial charge on any atom is -0.481 e.